The summed E-state index contributed by atoms with van der Waals surface area (Å²) in [5.74, 6) is 0.744. The first-order valence-electron chi connectivity index (χ1n) is 6.63. The average molecular weight is 322 g/mol. The van der Waals surface area contributed by atoms with E-state index in [1.807, 2.05) is 0 Å². The van der Waals surface area contributed by atoms with Gasteiger partial charge in [0.15, 0.2) is 0 Å². The molecule has 0 spiro atoms. The van der Waals surface area contributed by atoms with Gasteiger partial charge in [0.2, 0.25) is 10.0 Å². The van der Waals surface area contributed by atoms with Crippen LogP contribution in [0, 0.1) is 0 Å². The van der Waals surface area contributed by atoms with Crippen LogP contribution in [0.15, 0.2) is 47.5 Å². The van der Waals surface area contributed by atoms with Crippen molar-refractivity contribution >= 4 is 10.0 Å². The van der Waals surface area contributed by atoms with Crippen LogP contribution in [0.1, 0.15) is 18.7 Å². The number of hydrogen-bond donors (Lipinski definition) is 1. The van der Waals surface area contributed by atoms with Crippen molar-refractivity contribution in [1.29, 1.82) is 0 Å². The highest BCUT2D eigenvalue weighted by atomic mass is 32.2. The molecular weight excluding hydrogens is 304 g/mol. The van der Waals surface area contributed by atoms with E-state index in [0.29, 0.717) is 11.4 Å². The lowest BCUT2D eigenvalue weighted by atomic mass is 10.2. The van der Waals surface area contributed by atoms with Gasteiger partial charge in [-0.05, 0) is 31.2 Å². The Balaban J connectivity index is 2.31. The largest absolute Gasteiger partial charge is 0.497 e. The van der Waals surface area contributed by atoms with Gasteiger partial charge in [0.05, 0.1) is 26.0 Å². The lowest BCUT2D eigenvalue weighted by molar-refractivity contribution is 0.385. The van der Waals surface area contributed by atoms with Crippen molar-refractivity contribution in [2.75, 3.05) is 14.2 Å². The number of aromatic nitrogens is 1. The zero-order chi connectivity index (χ0) is 16.2. The van der Waals surface area contributed by atoms with Crippen molar-refractivity contribution in [2.45, 2.75) is 17.9 Å². The number of nitrogens with zero attached hydrogens (tertiary/aromatic N) is 1. The van der Waals surface area contributed by atoms with Gasteiger partial charge >= 0.3 is 0 Å². The van der Waals surface area contributed by atoms with Crippen LogP contribution in [0.4, 0.5) is 0 Å². The SMILES string of the molecule is COc1ccc(S(=O)(=O)NC(C)c2ccccn2)c(OC)c1. The number of sulfonamides is 1. The van der Waals surface area contributed by atoms with Crippen LogP contribution in [-0.2, 0) is 10.0 Å². The molecule has 0 aliphatic carbocycles. The Labute approximate surface area is 130 Å². The van der Waals surface area contributed by atoms with E-state index < -0.39 is 16.1 Å². The van der Waals surface area contributed by atoms with Gasteiger partial charge in [0.25, 0.3) is 0 Å². The second-order valence-electron chi connectivity index (χ2n) is 4.61. The lowest BCUT2D eigenvalue weighted by Gasteiger charge is -2.16. The Hall–Kier alpha value is -2.12. The summed E-state index contributed by atoms with van der Waals surface area (Å²) < 4.78 is 37.9. The second-order valence-corrected chi connectivity index (χ2v) is 6.30. The second kappa shape index (κ2) is 6.76. The fourth-order valence-electron chi connectivity index (χ4n) is 1.99. The Kier molecular flexibility index (Phi) is 4.99. The van der Waals surface area contributed by atoms with Gasteiger partial charge in [-0.15, -0.1) is 0 Å². The standard InChI is InChI=1S/C15H18N2O4S/c1-11(13-6-4-5-9-16-13)17-22(18,19)15-8-7-12(20-2)10-14(15)21-3/h4-11,17H,1-3H3. The fourth-order valence-corrected chi connectivity index (χ4v) is 3.35. The molecule has 0 bridgehead atoms. The molecule has 2 rings (SSSR count). The zero-order valence-corrected chi connectivity index (χ0v) is 13.4. The molecule has 0 aliphatic rings. The van der Waals surface area contributed by atoms with Crippen LogP contribution < -0.4 is 14.2 Å². The molecule has 22 heavy (non-hydrogen) atoms. The molecule has 0 saturated carbocycles. The maximum atomic E-state index is 12.5. The van der Waals surface area contributed by atoms with Crippen LogP contribution in [0.25, 0.3) is 0 Å². The van der Waals surface area contributed by atoms with Crippen molar-refractivity contribution in [1.82, 2.24) is 9.71 Å². The number of pyridine rings is 1. The Morgan fingerprint density at radius 2 is 1.91 bits per heavy atom. The summed E-state index contributed by atoms with van der Waals surface area (Å²) in [6, 6.07) is 9.43. The molecule has 0 aliphatic heterocycles. The molecule has 0 amide bonds. The minimum atomic E-state index is -3.75. The summed E-state index contributed by atoms with van der Waals surface area (Å²) in [4.78, 5) is 4.20. The van der Waals surface area contributed by atoms with Crippen molar-refractivity contribution in [3.8, 4) is 11.5 Å². The number of hydrogen-bond acceptors (Lipinski definition) is 5. The predicted molar refractivity (Wildman–Crippen MR) is 82.5 cm³/mol. The molecule has 1 atom stereocenters. The first-order valence-corrected chi connectivity index (χ1v) is 8.11. The van der Waals surface area contributed by atoms with Gasteiger partial charge in [-0.3, -0.25) is 4.98 Å². The van der Waals surface area contributed by atoms with Gasteiger partial charge < -0.3 is 9.47 Å². The van der Waals surface area contributed by atoms with Crippen molar-refractivity contribution in [2.24, 2.45) is 0 Å². The highest BCUT2D eigenvalue weighted by Crippen LogP contribution is 2.29. The van der Waals surface area contributed by atoms with Crippen molar-refractivity contribution < 1.29 is 17.9 Å². The molecular formula is C15H18N2O4S. The van der Waals surface area contributed by atoms with Gasteiger partial charge in [-0.2, -0.15) is 0 Å². The highest BCUT2D eigenvalue weighted by Gasteiger charge is 2.23. The predicted octanol–water partition coefficient (Wildman–Crippen LogP) is 2.14. The van der Waals surface area contributed by atoms with E-state index in [4.69, 9.17) is 9.47 Å². The quantitative estimate of drug-likeness (QED) is 0.881. The molecule has 1 aromatic carbocycles. The first-order chi connectivity index (χ1) is 10.5. The molecule has 1 unspecified atom stereocenters. The maximum absolute atomic E-state index is 12.5. The van der Waals surface area contributed by atoms with Gasteiger partial charge in [0, 0.05) is 12.3 Å². The van der Waals surface area contributed by atoms with E-state index in [-0.39, 0.29) is 10.6 Å². The number of rotatable bonds is 6. The topological polar surface area (TPSA) is 77.5 Å². The van der Waals surface area contributed by atoms with Crippen LogP contribution in [-0.4, -0.2) is 27.6 Å². The van der Waals surface area contributed by atoms with E-state index >= 15 is 0 Å². The van der Waals surface area contributed by atoms with Crippen LogP contribution in [0.5, 0.6) is 11.5 Å². The minimum absolute atomic E-state index is 0.0542. The van der Waals surface area contributed by atoms with Crippen LogP contribution in [0.2, 0.25) is 0 Å². The fraction of sp³-hybridized carbons (Fsp3) is 0.267. The van der Waals surface area contributed by atoms with E-state index in [2.05, 4.69) is 9.71 Å². The molecule has 1 N–H and O–H groups in total. The minimum Gasteiger partial charge on any atom is -0.497 e. The van der Waals surface area contributed by atoms with Gasteiger partial charge in [-0.25, -0.2) is 13.1 Å². The molecule has 0 radical (unpaired) electrons. The summed E-state index contributed by atoms with van der Waals surface area (Å²) in [5.41, 5.74) is 0.638. The normalized spacial score (nSPS) is 12.7. The van der Waals surface area contributed by atoms with Crippen LogP contribution >= 0.6 is 0 Å². The molecule has 7 heteroatoms. The average Bonchev–Trinajstić information content (AvgIpc) is 2.54. The third-order valence-corrected chi connectivity index (χ3v) is 4.70. The number of methoxy groups -OCH3 is 2. The van der Waals surface area contributed by atoms with E-state index in [9.17, 15) is 8.42 Å². The summed E-state index contributed by atoms with van der Waals surface area (Å²) in [7, 11) is -0.829. The third-order valence-electron chi connectivity index (χ3n) is 3.12. The van der Waals surface area contributed by atoms with Gasteiger partial charge in [0.1, 0.15) is 16.4 Å². The summed E-state index contributed by atoms with van der Waals surface area (Å²) in [6.45, 7) is 1.73. The molecule has 1 heterocycles. The monoisotopic (exact) mass is 322 g/mol. The summed E-state index contributed by atoms with van der Waals surface area (Å²) >= 11 is 0. The lowest BCUT2D eigenvalue weighted by Crippen LogP contribution is -2.27. The summed E-state index contributed by atoms with van der Waals surface area (Å²) in [5, 5.41) is 0. The number of nitrogens with one attached hydrogen (secondary N) is 1. The van der Waals surface area contributed by atoms with Crippen molar-refractivity contribution in [3.63, 3.8) is 0 Å². The Bertz CT molecular complexity index is 732. The van der Waals surface area contributed by atoms with E-state index in [0.717, 1.165) is 0 Å². The van der Waals surface area contributed by atoms with Crippen molar-refractivity contribution in [3.05, 3.63) is 48.3 Å². The van der Waals surface area contributed by atoms with E-state index in [1.54, 1.807) is 37.4 Å². The van der Waals surface area contributed by atoms with E-state index in [1.165, 1.54) is 26.4 Å². The van der Waals surface area contributed by atoms with Gasteiger partial charge in [-0.1, -0.05) is 6.07 Å². The molecule has 0 saturated heterocycles. The third kappa shape index (κ3) is 3.55. The number of benzene rings is 1. The molecule has 0 fully saturated rings. The molecule has 6 nitrogen and oxygen atoms in total. The highest BCUT2D eigenvalue weighted by molar-refractivity contribution is 7.89. The Morgan fingerprint density at radius 1 is 1.14 bits per heavy atom. The maximum Gasteiger partial charge on any atom is 0.244 e. The molecule has 118 valence electrons. The van der Waals surface area contributed by atoms with Crippen LogP contribution in [0.3, 0.4) is 0 Å². The molecule has 2 aromatic rings. The Morgan fingerprint density at radius 3 is 2.50 bits per heavy atom. The zero-order valence-electron chi connectivity index (χ0n) is 12.6. The number of ether oxygens (including phenoxy) is 2. The summed E-state index contributed by atoms with van der Waals surface area (Å²) in [6.07, 6.45) is 1.62. The first kappa shape index (κ1) is 16.3. The molecule has 1 aromatic heterocycles. The smallest absolute Gasteiger partial charge is 0.244 e.